The van der Waals surface area contributed by atoms with Crippen molar-refractivity contribution in [1.82, 2.24) is 0 Å². The van der Waals surface area contributed by atoms with Gasteiger partial charge in [0.05, 0.1) is 0 Å². The molecule has 0 unspecified atom stereocenters. The molecule has 0 aliphatic carbocycles. The highest BCUT2D eigenvalue weighted by molar-refractivity contribution is 5.14. The molecular formula is C26H38. The molecule has 3 rings (SSSR count). The second kappa shape index (κ2) is 22.7. The van der Waals surface area contributed by atoms with Gasteiger partial charge in [0.25, 0.3) is 0 Å². The Hall–Kier alpha value is -2.34. The lowest BCUT2D eigenvalue weighted by atomic mass is 10.1. The van der Waals surface area contributed by atoms with Crippen LogP contribution in [0.1, 0.15) is 52.2 Å². The van der Waals surface area contributed by atoms with Crippen molar-refractivity contribution in [3.05, 3.63) is 108 Å². The summed E-state index contributed by atoms with van der Waals surface area (Å²) in [6.45, 7) is 12.3. The fraction of sp³-hybridized carbons (Fsp3) is 0.308. The van der Waals surface area contributed by atoms with Gasteiger partial charge in [-0.1, -0.05) is 144 Å². The molecule has 0 bridgehead atoms. The summed E-state index contributed by atoms with van der Waals surface area (Å²) in [6.07, 6.45) is 2.45. The van der Waals surface area contributed by atoms with Gasteiger partial charge in [-0.15, -0.1) is 0 Å². The first kappa shape index (κ1) is 25.9. The second-order valence-electron chi connectivity index (χ2n) is 5.04. The maximum Gasteiger partial charge on any atom is -0.0281 e. The van der Waals surface area contributed by atoms with Gasteiger partial charge in [-0.25, -0.2) is 0 Å². The molecule has 142 valence electrons. The summed E-state index contributed by atoms with van der Waals surface area (Å²) in [5.41, 5.74) is 2.77. The molecular weight excluding hydrogens is 312 g/mol. The SMILES string of the molecule is CC.CC.CCCc1ccccc1.Cc1ccccc1.c1ccccc1. The van der Waals surface area contributed by atoms with Crippen LogP contribution in [0.2, 0.25) is 0 Å². The number of rotatable bonds is 2. The highest BCUT2D eigenvalue weighted by atomic mass is 13.9. The molecule has 0 aliphatic heterocycles. The van der Waals surface area contributed by atoms with Crippen molar-refractivity contribution in [3.63, 3.8) is 0 Å². The molecule has 0 fully saturated rings. The minimum atomic E-state index is 1.21. The van der Waals surface area contributed by atoms with Crippen LogP contribution in [0.4, 0.5) is 0 Å². The zero-order valence-corrected chi connectivity index (χ0v) is 17.7. The molecule has 0 radical (unpaired) electrons. The molecule has 0 atom stereocenters. The van der Waals surface area contributed by atoms with Crippen molar-refractivity contribution >= 4 is 0 Å². The van der Waals surface area contributed by atoms with Crippen LogP contribution >= 0.6 is 0 Å². The molecule has 0 aliphatic rings. The smallest absolute Gasteiger partial charge is 0.0281 e. The normalized spacial score (nSPS) is 7.92. The van der Waals surface area contributed by atoms with Crippen LogP contribution in [0.5, 0.6) is 0 Å². The van der Waals surface area contributed by atoms with Gasteiger partial charge in [-0.3, -0.25) is 0 Å². The van der Waals surface area contributed by atoms with Gasteiger partial charge in [0.2, 0.25) is 0 Å². The molecule has 0 aromatic heterocycles. The molecule has 0 heteroatoms. The average Bonchev–Trinajstić information content (AvgIpc) is 2.75. The fourth-order valence-electron chi connectivity index (χ4n) is 1.85. The Morgan fingerprint density at radius 2 is 0.808 bits per heavy atom. The van der Waals surface area contributed by atoms with Crippen LogP contribution in [-0.4, -0.2) is 0 Å². The Bertz CT molecular complexity index is 529. The van der Waals surface area contributed by atoms with E-state index in [0.717, 1.165) is 0 Å². The van der Waals surface area contributed by atoms with E-state index in [1.54, 1.807) is 0 Å². The zero-order chi connectivity index (χ0) is 19.9. The summed E-state index contributed by atoms with van der Waals surface area (Å²) in [5.74, 6) is 0. The van der Waals surface area contributed by atoms with Crippen molar-refractivity contribution in [2.75, 3.05) is 0 Å². The monoisotopic (exact) mass is 350 g/mol. The number of hydrogen-bond donors (Lipinski definition) is 0. The van der Waals surface area contributed by atoms with Gasteiger partial charge in [-0.05, 0) is 18.9 Å². The van der Waals surface area contributed by atoms with Gasteiger partial charge in [0, 0.05) is 0 Å². The van der Waals surface area contributed by atoms with E-state index in [0.29, 0.717) is 0 Å². The van der Waals surface area contributed by atoms with Crippen molar-refractivity contribution in [2.45, 2.75) is 54.4 Å². The molecule has 0 amide bonds. The maximum atomic E-state index is 2.20. The third-order valence-electron chi connectivity index (χ3n) is 2.99. The fourth-order valence-corrected chi connectivity index (χ4v) is 1.85. The van der Waals surface area contributed by atoms with Crippen LogP contribution in [0.15, 0.2) is 97.1 Å². The summed E-state index contributed by atoms with van der Waals surface area (Å²) in [5, 5.41) is 0. The van der Waals surface area contributed by atoms with E-state index in [4.69, 9.17) is 0 Å². The van der Waals surface area contributed by atoms with Gasteiger partial charge < -0.3 is 0 Å². The molecule has 0 saturated heterocycles. The second-order valence-corrected chi connectivity index (χ2v) is 5.04. The lowest BCUT2D eigenvalue weighted by molar-refractivity contribution is 0.922. The predicted molar refractivity (Wildman–Crippen MR) is 121 cm³/mol. The largest absolute Gasteiger partial charge is 0.0683 e. The Labute approximate surface area is 162 Å². The van der Waals surface area contributed by atoms with Crippen LogP contribution < -0.4 is 0 Å². The van der Waals surface area contributed by atoms with E-state index in [1.165, 1.54) is 24.0 Å². The molecule has 3 aromatic rings. The number of hydrogen-bond acceptors (Lipinski definition) is 0. The van der Waals surface area contributed by atoms with Gasteiger partial charge in [0.15, 0.2) is 0 Å². The van der Waals surface area contributed by atoms with E-state index in [2.05, 4.69) is 56.3 Å². The molecule has 0 nitrogen and oxygen atoms in total. The highest BCUT2D eigenvalue weighted by Crippen LogP contribution is 2.00. The molecule has 0 N–H and O–H groups in total. The average molecular weight is 351 g/mol. The van der Waals surface area contributed by atoms with E-state index in [1.807, 2.05) is 82.3 Å². The standard InChI is InChI=1S/C9H12.C7H8.C6H6.2C2H6/c1-2-6-9-7-4-3-5-8-9;1-7-5-3-2-4-6-7;1-2-4-6-5-3-1;2*1-2/h3-5,7-8H,2,6H2,1H3;2-6H,1H3;1-6H;2*1-2H3. The Morgan fingerprint density at radius 1 is 0.500 bits per heavy atom. The zero-order valence-electron chi connectivity index (χ0n) is 17.7. The van der Waals surface area contributed by atoms with Crippen molar-refractivity contribution in [3.8, 4) is 0 Å². The van der Waals surface area contributed by atoms with Crippen LogP contribution in [0.3, 0.4) is 0 Å². The quantitative estimate of drug-likeness (QED) is 0.435. The van der Waals surface area contributed by atoms with E-state index >= 15 is 0 Å². The minimum Gasteiger partial charge on any atom is -0.0683 e. The van der Waals surface area contributed by atoms with E-state index < -0.39 is 0 Å². The Balaban J connectivity index is 0. The first-order valence-corrected chi connectivity index (χ1v) is 9.88. The minimum absolute atomic E-state index is 1.21. The molecule has 3 aromatic carbocycles. The summed E-state index contributed by atoms with van der Waals surface area (Å²) in [7, 11) is 0. The van der Waals surface area contributed by atoms with Gasteiger partial charge in [0.1, 0.15) is 0 Å². The number of benzene rings is 3. The summed E-state index contributed by atoms with van der Waals surface area (Å²) >= 11 is 0. The van der Waals surface area contributed by atoms with Gasteiger partial charge in [-0.2, -0.15) is 0 Å². The van der Waals surface area contributed by atoms with Gasteiger partial charge >= 0.3 is 0 Å². The Kier molecular flexibility index (Phi) is 22.6. The predicted octanol–water partition coefficient (Wildman–Crippen LogP) is 8.37. The third kappa shape index (κ3) is 18.0. The summed E-state index contributed by atoms with van der Waals surface area (Å²) in [6, 6.07) is 32.8. The van der Waals surface area contributed by atoms with Crippen molar-refractivity contribution in [1.29, 1.82) is 0 Å². The van der Waals surface area contributed by atoms with Crippen molar-refractivity contribution in [2.24, 2.45) is 0 Å². The molecule has 0 spiro atoms. The summed E-state index contributed by atoms with van der Waals surface area (Å²) in [4.78, 5) is 0. The third-order valence-corrected chi connectivity index (χ3v) is 2.99. The van der Waals surface area contributed by atoms with Crippen LogP contribution in [0, 0.1) is 6.92 Å². The van der Waals surface area contributed by atoms with E-state index in [-0.39, 0.29) is 0 Å². The van der Waals surface area contributed by atoms with Crippen LogP contribution in [-0.2, 0) is 6.42 Å². The first-order valence-electron chi connectivity index (χ1n) is 9.88. The molecule has 26 heavy (non-hydrogen) atoms. The number of aryl methyl sites for hydroxylation is 2. The van der Waals surface area contributed by atoms with Crippen molar-refractivity contribution < 1.29 is 0 Å². The van der Waals surface area contributed by atoms with Crippen LogP contribution in [0.25, 0.3) is 0 Å². The first-order chi connectivity index (χ1) is 12.8. The van der Waals surface area contributed by atoms with E-state index in [9.17, 15) is 0 Å². The topological polar surface area (TPSA) is 0 Å². The lowest BCUT2D eigenvalue weighted by Crippen LogP contribution is -1.78. The lowest BCUT2D eigenvalue weighted by Gasteiger charge is -1.93. The maximum absolute atomic E-state index is 2.20. The molecule has 0 saturated carbocycles. The highest BCUT2D eigenvalue weighted by Gasteiger charge is 1.84. The molecule has 0 heterocycles. The summed E-state index contributed by atoms with van der Waals surface area (Å²) < 4.78 is 0. The Morgan fingerprint density at radius 3 is 1.08 bits per heavy atom.